The van der Waals surface area contributed by atoms with Gasteiger partial charge in [0.05, 0.1) is 11.1 Å². The standard InChI is InChI=1S/C22H30BrNO2/c1-4-6-7-12-24-15-19-13-20(23)22(21(14-19)25-5-2)26-16-18-10-8-17(3)9-11-18/h8-11,13-14,24H,4-7,12,15-16H2,1-3H3. The van der Waals surface area contributed by atoms with Crippen molar-refractivity contribution in [3.8, 4) is 11.5 Å². The molecule has 0 aliphatic heterocycles. The topological polar surface area (TPSA) is 30.5 Å². The van der Waals surface area contributed by atoms with E-state index >= 15 is 0 Å². The van der Waals surface area contributed by atoms with Gasteiger partial charge in [0.15, 0.2) is 11.5 Å². The van der Waals surface area contributed by atoms with E-state index in [1.54, 1.807) is 0 Å². The summed E-state index contributed by atoms with van der Waals surface area (Å²) < 4.78 is 12.8. The fourth-order valence-electron chi connectivity index (χ4n) is 2.70. The van der Waals surface area contributed by atoms with Crippen molar-refractivity contribution in [2.75, 3.05) is 13.2 Å². The first kappa shape index (κ1) is 20.8. The van der Waals surface area contributed by atoms with Crippen LogP contribution in [0.3, 0.4) is 0 Å². The van der Waals surface area contributed by atoms with Gasteiger partial charge in [-0.2, -0.15) is 0 Å². The Labute approximate surface area is 166 Å². The number of ether oxygens (including phenoxy) is 2. The molecular formula is C22H30BrNO2. The third-order valence-electron chi connectivity index (χ3n) is 4.16. The minimum atomic E-state index is 0.521. The summed E-state index contributed by atoms with van der Waals surface area (Å²) in [5.41, 5.74) is 3.59. The zero-order chi connectivity index (χ0) is 18.8. The summed E-state index contributed by atoms with van der Waals surface area (Å²) in [4.78, 5) is 0. The normalized spacial score (nSPS) is 10.8. The zero-order valence-electron chi connectivity index (χ0n) is 16.1. The molecule has 0 saturated carbocycles. The summed E-state index contributed by atoms with van der Waals surface area (Å²) in [7, 11) is 0. The molecular weight excluding hydrogens is 390 g/mol. The number of hydrogen-bond donors (Lipinski definition) is 1. The molecule has 1 N–H and O–H groups in total. The molecule has 26 heavy (non-hydrogen) atoms. The predicted octanol–water partition coefficient (Wildman–Crippen LogP) is 6.02. The van der Waals surface area contributed by atoms with Crippen LogP contribution in [-0.2, 0) is 13.2 Å². The SMILES string of the molecule is CCCCCNCc1cc(Br)c(OCc2ccc(C)cc2)c(OCC)c1. The van der Waals surface area contributed by atoms with Crippen molar-refractivity contribution in [2.45, 2.75) is 53.2 Å². The summed E-state index contributed by atoms with van der Waals surface area (Å²) in [6.45, 7) is 9.31. The maximum absolute atomic E-state index is 6.07. The Morgan fingerprint density at radius 1 is 0.962 bits per heavy atom. The van der Waals surface area contributed by atoms with Gasteiger partial charge in [0, 0.05) is 6.54 Å². The highest BCUT2D eigenvalue weighted by molar-refractivity contribution is 9.10. The van der Waals surface area contributed by atoms with Crippen LogP contribution in [0.1, 0.15) is 49.8 Å². The summed E-state index contributed by atoms with van der Waals surface area (Å²) in [5, 5.41) is 3.50. The maximum atomic E-state index is 6.07. The Bertz CT molecular complexity index is 671. The van der Waals surface area contributed by atoms with E-state index in [9.17, 15) is 0 Å². The lowest BCUT2D eigenvalue weighted by molar-refractivity contribution is 0.267. The summed E-state index contributed by atoms with van der Waals surface area (Å²) in [5.74, 6) is 1.56. The molecule has 0 amide bonds. The highest BCUT2D eigenvalue weighted by Gasteiger charge is 2.12. The molecule has 0 aromatic heterocycles. The van der Waals surface area contributed by atoms with Gasteiger partial charge in [-0.15, -0.1) is 0 Å². The molecule has 0 spiro atoms. The second-order valence-corrected chi connectivity index (χ2v) is 7.35. The van der Waals surface area contributed by atoms with Crippen LogP contribution < -0.4 is 14.8 Å². The molecule has 0 saturated heterocycles. The Balaban J connectivity index is 2.03. The first-order chi connectivity index (χ1) is 12.6. The third kappa shape index (κ3) is 6.65. The van der Waals surface area contributed by atoms with Crippen LogP contribution in [0.25, 0.3) is 0 Å². The van der Waals surface area contributed by atoms with Crippen molar-refractivity contribution in [1.29, 1.82) is 0 Å². The van der Waals surface area contributed by atoms with Gasteiger partial charge in [0.2, 0.25) is 0 Å². The molecule has 142 valence electrons. The van der Waals surface area contributed by atoms with E-state index in [-0.39, 0.29) is 0 Å². The Kier molecular flexibility index (Phi) is 8.99. The van der Waals surface area contributed by atoms with Crippen LogP contribution >= 0.6 is 15.9 Å². The smallest absolute Gasteiger partial charge is 0.175 e. The third-order valence-corrected chi connectivity index (χ3v) is 4.75. The van der Waals surface area contributed by atoms with Crippen LogP contribution in [-0.4, -0.2) is 13.2 Å². The quantitative estimate of drug-likeness (QED) is 0.451. The number of hydrogen-bond acceptors (Lipinski definition) is 3. The predicted molar refractivity (Wildman–Crippen MR) is 112 cm³/mol. The zero-order valence-corrected chi connectivity index (χ0v) is 17.7. The van der Waals surface area contributed by atoms with Crippen molar-refractivity contribution in [1.82, 2.24) is 5.32 Å². The number of halogens is 1. The van der Waals surface area contributed by atoms with Crippen LogP contribution in [0.15, 0.2) is 40.9 Å². The van der Waals surface area contributed by atoms with Crippen molar-refractivity contribution in [2.24, 2.45) is 0 Å². The van der Waals surface area contributed by atoms with Crippen LogP contribution in [0.5, 0.6) is 11.5 Å². The second kappa shape index (κ2) is 11.2. The molecule has 0 atom stereocenters. The molecule has 2 aromatic rings. The second-order valence-electron chi connectivity index (χ2n) is 6.50. The minimum Gasteiger partial charge on any atom is -0.490 e. The van der Waals surface area contributed by atoms with E-state index in [2.05, 4.69) is 71.5 Å². The van der Waals surface area contributed by atoms with E-state index in [4.69, 9.17) is 9.47 Å². The summed E-state index contributed by atoms with van der Waals surface area (Å²) >= 11 is 3.65. The average Bonchev–Trinajstić information content (AvgIpc) is 2.62. The van der Waals surface area contributed by atoms with Crippen molar-refractivity contribution in [3.63, 3.8) is 0 Å². The van der Waals surface area contributed by atoms with Gasteiger partial charge >= 0.3 is 0 Å². The number of benzene rings is 2. The van der Waals surface area contributed by atoms with Gasteiger partial charge in [-0.05, 0) is 66.0 Å². The van der Waals surface area contributed by atoms with Crippen molar-refractivity contribution >= 4 is 15.9 Å². The molecule has 0 aliphatic carbocycles. The number of unbranched alkanes of at least 4 members (excludes halogenated alkanes) is 2. The van der Waals surface area contributed by atoms with E-state index in [1.165, 1.54) is 30.4 Å². The molecule has 0 radical (unpaired) electrons. The van der Waals surface area contributed by atoms with Gasteiger partial charge in [-0.3, -0.25) is 0 Å². The largest absolute Gasteiger partial charge is 0.490 e. The van der Waals surface area contributed by atoms with E-state index in [0.717, 1.165) is 34.6 Å². The minimum absolute atomic E-state index is 0.521. The molecule has 0 bridgehead atoms. The lowest BCUT2D eigenvalue weighted by Gasteiger charge is -2.16. The Morgan fingerprint density at radius 2 is 1.73 bits per heavy atom. The molecule has 3 nitrogen and oxygen atoms in total. The monoisotopic (exact) mass is 419 g/mol. The highest BCUT2D eigenvalue weighted by Crippen LogP contribution is 2.37. The molecule has 0 fully saturated rings. The van der Waals surface area contributed by atoms with Crippen molar-refractivity contribution < 1.29 is 9.47 Å². The fraction of sp³-hybridized carbons (Fsp3) is 0.455. The number of nitrogens with one attached hydrogen (secondary N) is 1. The van der Waals surface area contributed by atoms with Gasteiger partial charge in [0.1, 0.15) is 6.61 Å². The first-order valence-corrected chi connectivity index (χ1v) is 10.3. The molecule has 2 rings (SSSR count). The number of aryl methyl sites for hydroxylation is 1. The van der Waals surface area contributed by atoms with Gasteiger partial charge in [-0.25, -0.2) is 0 Å². The van der Waals surface area contributed by atoms with Crippen molar-refractivity contribution in [3.05, 3.63) is 57.6 Å². The molecule has 0 unspecified atom stereocenters. The van der Waals surface area contributed by atoms with Gasteiger partial charge in [0.25, 0.3) is 0 Å². The molecule has 0 aliphatic rings. The maximum Gasteiger partial charge on any atom is 0.175 e. The molecule has 4 heteroatoms. The lowest BCUT2D eigenvalue weighted by Crippen LogP contribution is -2.14. The average molecular weight is 420 g/mol. The van der Waals surface area contributed by atoms with Crippen LogP contribution in [0.4, 0.5) is 0 Å². The highest BCUT2D eigenvalue weighted by atomic mass is 79.9. The van der Waals surface area contributed by atoms with Crippen LogP contribution in [0.2, 0.25) is 0 Å². The van der Waals surface area contributed by atoms with Gasteiger partial charge < -0.3 is 14.8 Å². The summed E-state index contributed by atoms with van der Waals surface area (Å²) in [6.07, 6.45) is 3.73. The number of rotatable bonds is 11. The van der Waals surface area contributed by atoms with Gasteiger partial charge in [-0.1, -0.05) is 49.6 Å². The first-order valence-electron chi connectivity index (χ1n) is 9.48. The summed E-state index contributed by atoms with van der Waals surface area (Å²) in [6, 6.07) is 12.6. The molecule has 0 heterocycles. The Morgan fingerprint density at radius 3 is 2.42 bits per heavy atom. The van der Waals surface area contributed by atoms with E-state index in [1.807, 2.05) is 6.92 Å². The van der Waals surface area contributed by atoms with E-state index < -0.39 is 0 Å². The molecule has 2 aromatic carbocycles. The van der Waals surface area contributed by atoms with E-state index in [0.29, 0.717) is 13.2 Å². The fourth-order valence-corrected chi connectivity index (χ4v) is 3.30. The van der Waals surface area contributed by atoms with Crippen LogP contribution in [0, 0.1) is 6.92 Å². The Hall–Kier alpha value is -1.52. The lowest BCUT2D eigenvalue weighted by atomic mass is 10.1.